The van der Waals surface area contributed by atoms with Gasteiger partial charge in [-0.15, -0.1) is 0 Å². The van der Waals surface area contributed by atoms with E-state index in [9.17, 15) is 0 Å². The molecular formula is C13H27N. The van der Waals surface area contributed by atoms with Crippen molar-refractivity contribution >= 4 is 0 Å². The molecule has 84 valence electrons. The fourth-order valence-electron chi connectivity index (χ4n) is 3.33. The Bertz CT molecular complexity index is 170. The minimum Gasteiger partial charge on any atom is -0.305 e. The molecule has 0 amide bonds. The van der Waals surface area contributed by atoms with Gasteiger partial charge in [0.15, 0.2) is 0 Å². The van der Waals surface area contributed by atoms with E-state index < -0.39 is 0 Å². The first-order chi connectivity index (χ1) is 6.64. The monoisotopic (exact) mass is 197 g/mol. The minimum atomic E-state index is 0.753. The van der Waals surface area contributed by atoms with Crippen LogP contribution in [0.1, 0.15) is 47.0 Å². The predicted octanol–water partition coefficient (Wildman–Crippen LogP) is 3.40. The van der Waals surface area contributed by atoms with Crippen LogP contribution in [0.15, 0.2) is 0 Å². The van der Waals surface area contributed by atoms with E-state index in [0.717, 1.165) is 17.3 Å². The van der Waals surface area contributed by atoms with Crippen LogP contribution in [0.4, 0.5) is 0 Å². The average Bonchev–Trinajstić information content (AvgIpc) is 2.46. The molecule has 1 unspecified atom stereocenters. The average molecular weight is 197 g/mol. The first-order valence-electron chi connectivity index (χ1n) is 6.33. The Hall–Kier alpha value is -0.0400. The van der Waals surface area contributed by atoms with Crippen molar-refractivity contribution in [1.82, 2.24) is 4.90 Å². The third-order valence-corrected chi connectivity index (χ3v) is 4.03. The van der Waals surface area contributed by atoms with Gasteiger partial charge in [0.2, 0.25) is 0 Å². The molecule has 0 N–H and O–H groups in total. The molecule has 2 aliphatic rings. The summed E-state index contributed by atoms with van der Waals surface area (Å²) in [5, 5.41) is 0. The van der Waals surface area contributed by atoms with Crippen LogP contribution in [0.2, 0.25) is 0 Å². The number of hydrogen-bond donors (Lipinski definition) is 0. The molecule has 2 rings (SSSR count). The molecule has 0 aromatic rings. The van der Waals surface area contributed by atoms with Crippen LogP contribution >= 0.6 is 0 Å². The SMILES string of the molecule is CC.CC(C)C1CN(C)CC12CCC2. The van der Waals surface area contributed by atoms with E-state index >= 15 is 0 Å². The smallest absolute Gasteiger partial charge is 0.00383 e. The summed E-state index contributed by atoms with van der Waals surface area (Å²) in [7, 11) is 2.28. The molecule has 1 nitrogen and oxygen atoms in total. The summed E-state index contributed by atoms with van der Waals surface area (Å²) in [4.78, 5) is 2.53. The summed E-state index contributed by atoms with van der Waals surface area (Å²) in [5.74, 6) is 1.87. The van der Waals surface area contributed by atoms with E-state index in [1.807, 2.05) is 13.8 Å². The number of rotatable bonds is 1. The van der Waals surface area contributed by atoms with Crippen LogP contribution < -0.4 is 0 Å². The molecule has 0 bridgehead atoms. The lowest BCUT2D eigenvalue weighted by Gasteiger charge is -2.44. The first kappa shape index (κ1) is 12.0. The Kier molecular flexibility index (Phi) is 4.00. The zero-order valence-electron chi connectivity index (χ0n) is 10.6. The fraction of sp³-hybridized carbons (Fsp3) is 1.00. The Morgan fingerprint density at radius 2 is 1.79 bits per heavy atom. The summed E-state index contributed by atoms with van der Waals surface area (Å²) < 4.78 is 0. The van der Waals surface area contributed by atoms with Gasteiger partial charge in [-0.1, -0.05) is 34.1 Å². The van der Waals surface area contributed by atoms with E-state index in [4.69, 9.17) is 0 Å². The maximum Gasteiger partial charge on any atom is 0.00383 e. The van der Waals surface area contributed by atoms with Crippen molar-refractivity contribution < 1.29 is 0 Å². The first-order valence-corrected chi connectivity index (χ1v) is 6.33. The molecule has 1 aliphatic heterocycles. The zero-order chi connectivity index (χ0) is 10.8. The van der Waals surface area contributed by atoms with Crippen molar-refractivity contribution in [2.24, 2.45) is 17.3 Å². The standard InChI is InChI=1S/C11H21N.C2H6/c1-9(2)10-7-12(3)8-11(10)5-4-6-11;1-2/h9-10H,4-8H2,1-3H3;1-2H3. The molecule has 1 saturated carbocycles. The molecule has 1 spiro atoms. The Balaban J connectivity index is 0.000000461. The van der Waals surface area contributed by atoms with Gasteiger partial charge in [-0.2, -0.15) is 0 Å². The maximum absolute atomic E-state index is 2.53. The Labute approximate surface area is 89.9 Å². The molecule has 2 fully saturated rings. The quantitative estimate of drug-likeness (QED) is 0.623. The molecule has 0 aromatic carbocycles. The molecule has 0 aromatic heterocycles. The Morgan fingerprint density at radius 1 is 1.21 bits per heavy atom. The molecule has 1 heteroatoms. The largest absolute Gasteiger partial charge is 0.305 e. The van der Waals surface area contributed by atoms with Gasteiger partial charge in [0.05, 0.1) is 0 Å². The zero-order valence-corrected chi connectivity index (χ0v) is 10.6. The van der Waals surface area contributed by atoms with Gasteiger partial charge < -0.3 is 4.90 Å². The highest BCUT2D eigenvalue weighted by Gasteiger charge is 2.49. The molecule has 1 aliphatic carbocycles. The summed E-state index contributed by atoms with van der Waals surface area (Å²) in [6.45, 7) is 11.5. The van der Waals surface area contributed by atoms with Crippen LogP contribution in [0, 0.1) is 17.3 Å². The van der Waals surface area contributed by atoms with Crippen molar-refractivity contribution in [3.8, 4) is 0 Å². The van der Waals surface area contributed by atoms with Crippen LogP contribution in [0.25, 0.3) is 0 Å². The molecule has 1 heterocycles. The fourth-order valence-corrected chi connectivity index (χ4v) is 3.33. The number of hydrogen-bond acceptors (Lipinski definition) is 1. The Morgan fingerprint density at radius 3 is 2.07 bits per heavy atom. The van der Waals surface area contributed by atoms with E-state index in [2.05, 4.69) is 25.8 Å². The molecular weight excluding hydrogens is 170 g/mol. The van der Waals surface area contributed by atoms with Crippen LogP contribution in [-0.2, 0) is 0 Å². The summed E-state index contributed by atoms with van der Waals surface area (Å²) >= 11 is 0. The van der Waals surface area contributed by atoms with Crippen LogP contribution in [0.3, 0.4) is 0 Å². The molecule has 1 saturated heterocycles. The summed E-state index contributed by atoms with van der Waals surface area (Å²) in [6, 6.07) is 0. The van der Waals surface area contributed by atoms with Crippen molar-refractivity contribution in [3.05, 3.63) is 0 Å². The lowest BCUT2D eigenvalue weighted by Crippen LogP contribution is -2.39. The van der Waals surface area contributed by atoms with E-state index in [-0.39, 0.29) is 0 Å². The van der Waals surface area contributed by atoms with Gasteiger partial charge in [-0.05, 0) is 37.1 Å². The summed E-state index contributed by atoms with van der Waals surface area (Å²) in [5.41, 5.74) is 0.753. The third kappa shape index (κ3) is 1.98. The van der Waals surface area contributed by atoms with Crippen LogP contribution in [0.5, 0.6) is 0 Å². The lowest BCUT2D eigenvalue weighted by atomic mass is 9.60. The predicted molar refractivity (Wildman–Crippen MR) is 63.5 cm³/mol. The van der Waals surface area contributed by atoms with Crippen molar-refractivity contribution in [1.29, 1.82) is 0 Å². The third-order valence-electron chi connectivity index (χ3n) is 4.03. The van der Waals surface area contributed by atoms with Gasteiger partial charge in [0, 0.05) is 13.1 Å². The topological polar surface area (TPSA) is 3.24 Å². The minimum absolute atomic E-state index is 0.753. The second kappa shape index (κ2) is 4.65. The van der Waals surface area contributed by atoms with Gasteiger partial charge in [0.25, 0.3) is 0 Å². The van der Waals surface area contributed by atoms with Crippen molar-refractivity contribution in [2.45, 2.75) is 47.0 Å². The van der Waals surface area contributed by atoms with Gasteiger partial charge in [0.1, 0.15) is 0 Å². The molecule has 1 atom stereocenters. The molecule has 0 radical (unpaired) electrons. The second-order valence-electron chi connectivity index (χ2n) is 5.26. The number of nitrogens with zero attached hydrogens (tertiary/aromatic N) is 1. The van der Waals surface area contributed by atoms with Crippen molar-refractivity contribution in [2.75, 3.05) is 20.1 Å². The second-order valence-corrected chi connectivity index (χ2v) is 5.26. The summed E-state index contributed by atoms with van der Waals surface area (Å²) in [6.07, 6.45) is 4.48. The van der Waals surface area contributed by atoms with Gasteiger partial charge in [-0.3, -0.25) is 0 Å². The van der Waals surface area contributed by atoms with E-state index in [0.29, 0.717) is 0 Å². The highest BCUT2D eigenvalue weighted by Crippen LogP contribution is 2.53. The van der Waals surface area contributed by atoms with E-state index in [1.54, 1.807) is 0 Å². The van der Waals surface area contributed by atoms with Gasteiger partial charge in [-0.25, -0.2) is 0 Å². The number of likely N-dealkylation sites (tertiary alicyclic amines) is 1. The van der Waals surface area contributed by atoms with Gasteiger partial charge >= 0.3 is 0 Å². The normalized spacial score (nSPS) is 30.0. The molecule has 14 heavy (non-hydrogen) atoms. The van der Waals surface area contributed by atoms with E-state index in [1.165, 1.54) is 32.4 Å². The highest BCUT2D eigenvalue weighted by atomic mass is 15.1. The van der Waals surface area contributed by atoms with Crippen molar-refractivity contribution in [3.63, 3.8) is 0 Å². The lowest BCUT2D eigenvalue weighted by molar-refractivity contribution is 0.0672. The van der Waals surface area contributed by atoms with Crippen LogP contribution in [-0.4, -0.2) is 25.0 Å². The highest BCUT2D eigenvalue weighted by molar-refractivity contribution is 5.01. The maximum atomic E-state index is 2.53.